The van der Waals surface area contributed by atoms with Crippen LogP contribution in [0.5, 0.6) is 0 Å². The van der Waals surface area contributed by atoms with Crippen LogP contribution in [0.1, 0.15) is 35.2 Å². The van der Waals surface area contributed by atoms with E-state index in [1.54, 1.807) is 6.07 Å². The molecule has 126 valence electrons. The van der Waals surface area contributed by atoms with E-state index in [4.69, 9.17) is 5.11 Å². The van der Waals surface area contributed by atoms with Crippen molar-refractivity contribution in [2.24, 2.45) is 5.92 Å². The average molecular weight is 329 g/mol. The number of hydrogen-bond acceptors (Lipinski definition) is 2. The largest absolute Gasteiger partial charge is 0.478 e. The lowest BCUT2D eigenvalue weighted by atomic mass is 9.85. The molecule has 0 atom stereocenters. The Labute approximate surface area is 131 Å². The minimum Gasteiger partial charge on any atom is -0.478 e. The molecule has 0 spiro atoms. The molecule has 0 unspecified atom stereocenters. The summed E-state index contributed by atoms with van der Waals surface area (Å²) in [6.45, 7) is -1.15. The van der Waals surface area contributed by atoms with Gasteiger partial charge in [-0.1, -0.05) is 18.6 Å². The van der Waals surface area contributed by atoms with Crippen LogP contribution in [-0.2, 0) is 11.2 Å². The number of halogens is 3. The zero-order chi connectivity index (χ0) is 17.0. The number of aromatic carboxylic acids is 1. The highest BCUT2D eigenvalue weighted by Crippen LogP contribution is 2.28. The van der Waals surface area contributed by atoms with Gasteiger partial charge in [0.05, 0.1) is 12.0 Å². The van der Waals surface area contributed by atoms with Crippen molar-refractivity contribution in [1.82, 2.24) is 4.90 Å². The second-order valence-electron chi connectivity index (χ2n) is 5.87. The Kier molecular flexibility index (Phi) is 5.28. The summed E-state index contributed by atoms with van der Waals surface area (Å²) in [5.74, 6) is -1.63. The quantitative estimate of drug-likeness (QED) is 0.872. The Bertz CT molecular complexity index is 582. The normalized spacial score (nSPS) is 15.1. The third kappa shape index (κ3) is 5.26. The fourth-order valence-electron chi connectivity index (χ4n) is 2.56. The van der Waals surface area contributed by atoms with Crippen LogP contribution in [0.3, 0.4) is 0 Å². The smallest absolute Gasteiger partial charge is 0.406 e. The topological polar surface area (TPSA) is 57.6 Å². The van der Waals surface area contributed by atoms with Crippen LogP contribution < -0.4 is 0 Å². The van der Waals surface area contributed by atoms with Crippen molar-refractivity contribution in [2.75, 3.05) is 13.1 Å². The number of benzene rings is 1. The Morgan fingerprint density at radius 3 is 2.48 bits per heavy atom. The van der Waals surface area contributed by atoms with Crippen molar-refractivity contribution in [3.05, 3.63) is 35.4 Å². The molecule has 0 aromatic heterocycles. The first-order valence-corrected chi connectivity index (χ1v) is 7.41. The van der Waals surface area contributed by atoms with Crippen molar-refractivity contribution >= 4 is 11.9 Å². The third-order valence-electron chi connectivity index (χ3n) is 3.96. The predicted molar refractivity (Wildman–Crippen MR) is 77.1 cm³/mol. The number of hydrogen-bond donors (Lipinski definition) is 1. The molecule has 23 heavy (non-hydrogen) atoms. The number of alkyl halides is 3. The summed E-state index contributed by atoms with van der Waals surface area (Å²) in [5, 5.41) is 8.92. The molecule has 1 fully saturated rings. The van der Waals surface area contributed by atoms with Gasteiger partial charge in [0.2, 0.25) is 5.91 Å². The molecule has 1 saturated carbocycles. The molecular weight excluding hydrogens is 311 g/mol. The number of carbonyl (C=O) groups is 2. The van der Waals surface area contributed by atoms with Gasteiger partial charge >= 0.3 is 12.1 Å². The molecule has 2 rings (SSSR count). The van der Waals surface area contributed by atoms with E-state index in [9.17, 15) is 22.8 Å². The first-order valence-electron chi connectivity index (χ1n) is 7.41. The molecule has 0 aliphatic heterocycles. The maximum Gasteiger partial charge on any atom is 0.406 e. The van der Waals surface area contributed by atoms with Crippen LogP contribution in [0.15, 0.2) is 24.3 Å². The molecule has 1 aromatic carbocycles. The fourth-order valence-corrected chi connectivity index (χ4v) is 2.56. The van der Waals surface area contributed by atoms with Gasteiger partial charge in [-0.25, -0.2) is 4.79 Å². The number of nitrogens with zero attached hydrogens (tertiary/aromatic N) is 1. The van der Waals surface area contributed by atoms with Crippen LogP contribution in [0.4, 0.5) is 13.2 Å². The molecular formula is C16H18F3NO3. The fraction of sp³-hybridized carbons (Fsp3) is 0.500. The van der Waals surface area contributed by atoms with E-state index in [0.29, 0.717) is 5.56 Å². The summed E-state index contributed by atoms with van der Waals surface area (Å²) in [6, 6.07) is 5.71. The number of carbonyl (C=O) groups excluding carboxylic acids is 1. The molecule has 1 N–H and O–H groups in total. The van der Waals surface area contributed by atoms with Gasteiger partial charge in [-0.2, -0.15) is 13.2 Å². The zero-order valence-electron chi connectivity index (χ0n) is 12.5. The van der Waals surface area contributed by atoms with Gasteiger partial charge in [0.1, 0.15) is 6.54 Å². The van der Waals surface area contributed by atoms with E-state index in [-0.39, 0.29) is 24.4 Å². The molecule has 0 radical (unpaired) electrons. The first kappa shape index (κ1) is 17.3. The minimum atomic E-state index is -4.44. The van der Waals surface area contributed by atoms with Gasteiger partial charge < -0.3 is 10.0 Å². The maximum atomic E-state index is 12.7. The summed E-state index contributed by atoms with van der Waals surface area (Å²) in [7, 11) is 0. The number of rotatable bonds is 6. The highest BCUT2D eigenvalue weighted by Gasteiger charge is 2.34. The number of amides is 1. The zero-order valence-corrected chi connectivity index (χ0v) is 12.5. The van der Waals surface area contributed by atoms with Crippen LogP contribution in [0, 0.1) is 5.92 Å². The Morgan fingerprint density at radius 2 is 1.96 bits per heavy atom. The van der Waals surface area contributed by atoms with Gasteiger partial charge in [0.15, 0.2) is 0 Å². The lowest BCUT2D eigenvalue weighted by Gasteiger charge is -2.33. The number of carboxylic acids is 1. The minimum absolute atomic E-state index is 0.0108. The molecule has 7 heteroatoms. The number of carboxylic acid groups (broad SMARTS) is 1. The van der Waals surface area contributed by atoms with Crippen molar-refractivity contribution < 1.29 is 27.9 Å². The van der Waals surface area contributed by atoms with E-state index in [1.807, 2.05) is 0 Å². The monoisotopic (exact) mass is 329 g/mol. The molecule has 0 saturated heterocycles. The van der Waals surface area contributed by atoms with E-state index in [0.717, 1.165) is 24.2 Å². The second kappa shape index (κ2) is 7.02. The van der Waals surface area contributed by atoms with Crippen LogP contribution in [0.25, 0.3) is 0 Å². The predicted octanol–water partition coefficient (Wildman–Crippen LogP) is 3.12. The lowest BCUT2D eigenvalue weighted by molar-refractivity contribution is -0.162. The van der Waals surface area contributed by atoms with Crippen molar-refractivity contribution in [2.45, 2.75) is 31.9 Å². The van der Waals surface area contributed by atoms with Crippen molar-refractivity contribution in [1.29, 1.82) is 0 Å². The van der Waals surface area contributed by atoms with Crippen LogP contribution >= 0.6 is 0 Å². The first-order chi connectivity index (χ1) is 10.7. The molecule has 1 amide bonds. The van der Waals surface area contributed by atoms with Crippen molar-refractivity contribution in [3.8, 4) is 0 Å². The SMILES string of the molecule is O=C(O)c1cccc(CC(=O)N(CC2CCC2)CC(F)(F)F)c1. The molecule has 4 nitrogen and oxygen atoms in total. The summed E-state index contributed by atoms with van der Waals surface area (Å²) in [5.41, 5.74) is 0.410. The van der Waals surface area contributed by atoms with Gasteiger partial charge in [0, 0.05) is 6.54 Å². The summed E-state index contributed by atoms with van der Waals surface area (Å²) in [4.78, 5) is 24.0. The standard InChI is InChI=1S/C16H18F3NO3/c17-16(18,19)10-20(9-11-3-1-4-11)14(21)8-12-5-2-6-13(7-12)15(22)23/h2,5-7,11H,1,3-4,8-10H2,(H,22,23). The highest BCUT2D eigenvalue weighted by atomic mass is 19.4. The summed E-state index contributed by atoms with van der Waals surface area (Å²) in [6.07, 6.45) is -2.00. The molecule has 0 heterocycles. The van der Waals surface area contributed by atoms with E-state index < -0.39 is 24.6 Å². The molecule has 1 aromatic rings. The van der Waals surface area contributed by atoms with Gasteiger partial charge in [-0.15, -0.1) is 0 Å². The Hall–Kier alpha value is -2.05. The average Bonchev–Trinajstić information content (AvgIpc) is 2.40. The Balaban J connectivity index is 2.06. The maximum absolute atomic E-state index is 12.7. The second-order valence-corrected chi connectivity index (χ2v) is 5.87. The van der Waals surface area contributed by atoms with Gasteiger partial charge in [0.25, 0.3) is 0 Å². The van der Waals surface area contributed by atoms with Crippen molar-refractivity contribution in [3.63, 3.8) is 0 Å². The Morgan fingerprint density at radius 1 is 1.26 bits per heavy atom. The lowest BCUT2D eigenvalue weighted by Crippen LogP contribution is -2.43. The molecule has 1 aliphatic rings. The van der Waals surface area contributed by atoms with E-state index in [1.165, 1.54) is 18.2 Å². The summed E-state index contributed by atoms with van der Waals surface area (Å²) < 4.78 is 38.0. The highest BCUT2D eigenvalue weighted by molar-refractivity contribution is 5.88. The van der Waals surface area contributed by atoms with Crippen LogP contribution in [0.2, 0.25) is 0 Å². The van der Waals surface area contributed by atoms with Gasteiger partial charge in [-0.05, 0) is 36.5 Å². The van der Waals surface area contributed by atoms with Crippen LogP contribution in [-0.4, -0.2) is 41.1 Å². The third-order valence-corrected chi connectivity index (χ3v) is 3.96. The van der Waals surface area contributed by atoms with Gasteiger partial charge in [-0.3, -0.25) is 4.79 Å². The molecule has 0 bridgehead atoms. The molecule has 1 aliphatic carbocycles. The van der Waals surface area contributed by atoms with E-state index >= 15 is 0 Å². The summed E-state index contributed by atoms with van der Waals surface area (Å²) >= 11 is 0. The van der Waals surface area contributed by atoms with E-state index in [2.05, 4.69) is 0 Å².